The summed E-state index contributed by atoms with van der Waals surface area (Å²) >= 11 is 0. The van der Waals surface area contributed by atoms with E-state index in [0.29, 0.717) is 47.0 Å². The van der Waals surface area contributed by atoms with Gasteiger partial charge in [0, 0.05) is 0 Å². The number of benzene rings is 6. The van der Waals surface area contributed by atoms with Gasteiger partial charge in [-0.1, -0.05) is 72.8 Å². The number of carbonyl (C=O) groups excluding carboxylic acids is 6. The molecule has 57 heavy (non-hydrogen) atoms. The Balaban J connectivity index is 0.000000242. The second-order valence-corrected chi connectivity index (χ2v) is 12.6. The van der Waals surface area contributed by atoms with Crippen LogP contribution in [0.25, 0.3) is 0 Å². The highest BCUT2D eigenvalue weighted by molar-refractivity contribution is 6.41. The van der Waals surface area contributed by atoms with Crippen LogP contribution in [0, 0.1) is 0 Å². The molecule has 0 aliphatic carbocycles. The first-order valence-corrected chi connectivity index (χ1v) is 17.4. The molecule has 1 saturated heterocycles. The molecule has 0 spiro atoms. The lowest BCUT2D eigenvalue weighted by molar-refractivity contribution is 0.226. The van der Waals surface area contributed by atoms with Crippen LogP contribution in [0.5, 0.6) is 0 Å². The fourth-order valence-corrected chi connectivity index (χ4v) is 5.96. The van der Waals surface area contributed by atoms with Gasteiger partial charge < -0.3 is 0 Å². The number of isocyanates is 4. The molecule has 1 heterocycles. The van der Waals surface area contributed by atoms with E-state index in [2.05, 4.69) is 20.0 Å². The van der Waals surface area contributed by atoms with E-state index in [1.165, 1.54) is 24.3 Å². The molecule has 1 aliphatic rings. The number of imide groups is 2. The van der Waals surface area contributed by atoms with Gasteiger partial charge in [-0.05, 0) is 125 Å². The van der Waals surface area contributed by atoms with Crippen LogP contribution >= 0.6 is 0 Å². The number of rotatable bonds is 12. The first kappa shape index (κ1) is 38.5. The van der Waals surface area contributed by atoms with Crippen LogP contribution in [0.1, 0.15) is 33.4 Å². The molecule has 276 valence electrons. The summed E-state index contributed by atoms with van der Waals surface area (Å²) in [6.07, 6.45) is 8.12. The lowest BCUT2D eigenvalue weighted by Crippen LogP contribution is -2.64. The summed E-state index contributed by atoms with van der Waals surface area (Å²) in [5.41, 5.74) is 9.62. The Kier molecular flexibility index (Phi) is 12.6. The minimum absolute atomic E-state index is 0.409. The zero-order chi connectivity index (χ0) is 40.0. The summed E-state index contributed by atoms with van der Waals surface area (Å²) in [6.45, 7) is 0. The predicted octanol–water partition coefficient (Wildman–Crippen LogP) is 9.58. The van der Waals surface area contributed by atoms with Gasteiger partial charge in [0.15, 0.2) is 0 Å². The van der Waals surface area contributed by atoms with E-state index in [1.807, 2.05) is 72.8 Å². The Labute approximate surface area is 326 Å². The van der Waals surface area contributed by atoms with Crippen LogP contribution in [0.3, 0.4) is 0 Å². The third-order valence-corrected chi connectivity index (χ3v) is 8.82. The van der Waals surface area contributed by atoms with Crippen molar-refractivity contribution in [2.75, 3.05) is 9.80 Å². The second-order valence-electron chi connectivity index (χ2n) is 12.6. The molecule has 4 amide bonds. The van der Waals surface area contributed by atoms with Crippen molar-refractivity contribution in [3.63, 3.8) is 0 Å². The number of anilines is 2. The third-order valence-electron chi connectivity index (χ3n) is 8.82. The largest absolute Gasteiger partial charge is 0.345 e. The van der Waals surface area contributed by atoms with E-state index in [9.17, 15) is 28.8 Å². The van der Waals surface area contributed by atoms with Crippen LogP contribution in [0.2, 0.25) is 0 Å². The van der Waals surface area contributed by atoms with E-state index >= 15 is 0 Å². The first-order chi connectivity index (χ1) is 27.9. The summed E-state index contributed by atoms with van der Waals surface area (Å²) in [5, 5.41) is 0. The monoisotopic (exact) mass is 750 g/mol. The van der Waals surface area contributed by atoms with Gasteiger partial charge in [-0.3, -0.25) is 0 Å². The molecule has 0 aromatic heterocycles. The fraction of sp³-hybridized carbons (Fsp3) is 0.0667. The maximum Gasteiger partial charge on any atom is 0.345 e. The van der Waals surface area contributed by atoms with Crippen molar-refractivity contribution < 1.29 is 28.8 Å². The Morgan fingerprint density at radius 3 is 0.702 bits per heavy atom. The third kappa shape index (κ3) is 10.1. The molecule has 6 aromatic rings. The predicted molar refractivity (Wildman–Crippen MR) is 214 cm³/mol. The Morgan fingerprint density at radius 2 is 0.509 bits per heavy atom. The van der Waals surface area contributed by atoms with E-state index < -0.39 is 12.1 Å². The maximum absolute atomic E-state index is 12.9. The van der Waals surface area contributed by atoms with Gasteiger partial charge in [0.1, 0.15) is 0 Å². The van der Waals surface area contributed by atoms with Gasteiger partial charge in [-0.25, -0.2) is 38.6 Å². The SMILES string of the molecule is O=C=Nc1ccc(Cc2ccc(N3C(=O)N(c4ccc(Cc5ccc(N=C=O)cc5)cc4)C3=O)cc2)cc1.O=C=Nc1ccc(Cc2ccc(N=C=O)cc2)cc1. The second kappa shape index (κ2) is 18.7. The molecule has 12 nitrogen and oxygen atoms in total. The highest BCUT2D eigenvalue weighted by Crippen LogP contribution is 2.31. The zero-order valence-electron chi connectivity index (χ0n) is 30.1. The van der Waals surface area contributed by atoms with E-state index in [1.54, 1.807) is 72.8 Å². The summed E-state index contributed by atoms with van der Waals surface area (Å²) in [7, 11) is 0. The normalized spacial score (nSPS) is 11.4. The van der Waals surface area contributed by atoms with E-state index in [4.69, 9.17) is 0 Å². The van der Waals surface area contributed by atoms with Crippen LogP contribution < -0.4 is 9.80 Å². The van der Waals surface area contributed by atoms with Crippen molar-refractivity contribution in [3.8, 4) is 0 Å². The molecule has 0 saturated carbocycles. The van der Waals surface area contributed by atoms with Crippen molar-refractivity contribution in [2.45, 2.75) is 19.3 Å². The fourth-order valence-electron chi connectivity index (χ4n) is 5.96. The molecule has 1 aliphatic heterocycles. The average molecular weight is 751 g/mol. The topological polar surface area (TPSA) is 158 Å². The number of aliphatic imine (C=N–C) groups is 4. The van der Waals surface area contributed by atoms with Crippen molar-refractivity contribution in [3.05, 3.63) is 179 Å². The number of hydrogen-bond donors (Lipinski definition) is 0. The number of carbonyl (C=O) groups is 2. The minimum Gasteiger partial charge on any atom is -0.246 e. The van der Waals surface area contributed by atoms with E-state index in [0.717, 1.165) is 49.6 Å². The number of hydrogen-bond acceptors (Lipinski definition) is 10. The van der Waals surface area contributed by atoms with Crippen LogP contribution in [-0.4, -0.2) is 36.4 Å². The average Bonchev–Trinajstić information content (AvgIpc) is 3.23. The molecule has 7 rings (SSSR count). The quantitative estimate of drug-likeness (QED) is 0.0895. The van der Waals surface area contributed by atoms with Gasteiger partial charge in [0.25, 0.3) is 0 Å². The zero-order valence-corrected chi connectivity index (χ0v) is 30.1. The maximum atomic E-state index is 12.9. The van der Waals surface area contributed by atoms with Crippen LogP contribution in [0.15, 0.2) is 166 Å². The lowest BCUT2D eigenvalue weighted by atomic mass is 10.0. The molecular weight excluding hydrogens is 721 g/mol. The summed E-state index contributed by atoms with van der Waals surface area (Å²) < 4.78 is 0. The van der Waals surface area contributed by atoms with Crippen LogP contribution in [0.4, 0.5) is 43.7 Å². The smallest absolute Gasteiger partial charge is 0.246 e. The Bertz CT molecular complexity index is 2370. The first-order valence-electron chi connectivity index (χ1n) is 17.4. The lowest BCUT2D eigenvalue weighted by Gasteiger charge is -2.38. The summed E-state index contributed by atoms with van der Waals surface area (Å²) in [4.78, 5) is 83.2. The minimum atomic E-state index is -0.409. The molecular formula is C45H30N6O6. The molecule has 6 aromatic carbocycles. The number of amides is 4. The Hall–Kier alpha value is -8.22. The van der Waals surface area contributed by atoms with Gasteiger partial charge in [-0.2, -0.15) is 20.0 Å². The molecule has 12 heteroatoms. The van der Waals surface area contributed by atoms with E-state index in [-0.39, 0.29) is 0 Å². The molecule has 0 atom stereocenters. The highest BCUT2D eigenvalue weighted by Gasteiger charge is 2.45. The number of nitrogens with zero attached hydrogens (tertiary/aromatic N) is 6. The van der Waals surface area contributed by atoms with Gasteiger partial charge >= 0.3 is 12.1 Å². The van der Waals surface area contributed by atoms with Gasteiger partial charge in [-0.15, -0.1) is 0 Å². The molecule has 0 unspecified atom stereocenters. The van der Waals surface area contributed by atoms with Crippen molar-refractivity contribution in [2.24, 2.45) is 20.0 Å². The van der Waals surface area contributed by atoms with Crippen LogP contribution in [-0.2, 0) is 38.4 Å². The highest BCUT2D eigenvalue weighted by atomic mass is 16.2. The summed E-state index contributed by atoms with van der Waals surface area (Å²) in [5.74, 6) is 0. The molecule has 1 fully saturated rings. The Morgan fingerprint density at radius 1 is 0.316 bits per heavy atom. The van der Waals surface area contributed by atoms with Gasteiger partial charge in [0.05, 0.1) is 34.1 Å². The van der Waals surface area contributed by atoms with Crippen molar-refractivity contribution >= 4 is 70.5 Å². The molecule has 0 radical (unpaired) electrons. The molecule has 0 bridgehead atoms. The van der Waals surface area contributed by atoms with Gasteiger partial charge in [0.2, 0.25) is 24.3 Å². The standard InChI is InChI=1S/C30H20N4O4.C15H10N2O2/c35-19-31-25-9-1-21(2-10-25)17-23-5-13-27(14-6-23)33-29(37)34(30(33)38)28-15-7-24(8-16-28)18-22-3-11-26(12-4-22)32-20-36;18-10-16-14-5-1-12(2-6-14)9-13-3-7-15(8-4-13)17-11-19/h1-16H,17-18H2;1-8H,9H2. The number of urea groups is 2. The summed E-state index contributed by atoms with van der Waals surface area (Å²) in [6, 6.07) is 42.9. The van der Waals surface area contributed by atoms with Crippen molar-refractivity contribution in [1.82, 2.24) is 0 Å². The van der Waals surface area contributed by atoms with Crippen molar-refractivity contribution in [1.29, 1.82) is 0 Å². The molecule has 0 N–H and O–H groups in total.